The second-order valence-electron chi connectivity index (χ2n) is 5.14. The number of hydrogen-bond acceptors (Lipinski definition) is 4. The zero-order chi connectivity index (χ0) is 17.6. The van der Waals surface area contributed by atoms with E-state index in [9.17, 15) is 14.0 Å². The number of anilines is 1. The van der Waals surface area contributed by atoms with Crippen LogP contribution >= 0.6 is 11.3 Å². The minimum Gasteiger partial charge on any atom is -0.343 e. The van der Waals surface area contributed by atoms with Gasteiger partial charge in [0.05, 0.1) is 12.2 Å². The van der Waals surface area contributed by atoms with Gasteiger partial charge < -0.3 is 10.6 Å². The third-order valence-electron chi connectivity index (χ3n) is 3.34. The molecule has 2 N–H and O–H groups in total. The average molecular weight is 355 g/mol. The molecular weight excluding hydrogens is 341 g/mol. The Kier molecular flexibility index (Phi) is 5.15. The first-order chi connectivity index (χ1) is 12.1. The number of nitrogens with zero attached hydrogens (tertiary/aromatic N) is 1. The van der Waals surface area contributed by atoms with Crippen LogP contribution in [-0.4, -0.2) is 23.3 Å². The predicted molar refractivity (Wildman–Crippen MR) is 94.9 cm³/mol. The standard InChI is InChI=1S/C18H14FN3O2S/c19-14-8-6-13(7-9-14)17(24)20-10-16(23)22-18-21-15(11-25-18)12-4-2-1-3-5-12/h1-9,11H,10H2,(H,20,24)(H,21,22,23). The van der Waals surface area contributed by atoms with E-state index < -0.39 is 11.7 Å². The second-order valence-corrected chi connectivity index (χ2v) is 6.00. The highest BCUT2D eigenvalue weighted by Gasteiger charge is 2.10. The number of halogens is 1. The molecule has 2 aromatic carbocycles. The summed E-state index contributed by atoms with van der Waals surface area (Å²) >= 11 is 1.31. The Bertz CT molecular complexity index is 879. The first kappa shape index (κ1) is 16.8. The van der Waals surface area contributed by atoms with Gasteiger partial charge in [-0.2, -0.15) is 0 Å². The molecule has 0 saturated heterocycles. The van der Waals surface area contributed by atoms with Gasteiger partial charge in [0, 0.05) is 16.5 Å². The largest absolute Gasteiger partial charge is 0.343 e. The van der Waals surface area contributed by atoms with Crippen LogP contribution in [0.25, 0.3) is 11.3 Å². The van der Waals surface area contributed by atoms with Crippen molar-refractivity contribution >= 4 is 28.3 Å². The zero-order valence-corrected chi connectivity index (χ0v) is 13.8. The van der Waals surface area contributed by atoms with Gasteiger partial charge in [-0.1, -0.05) is 30.3 Å². The van der Waals surface area contributed by atoms with E-state index in [0.717, 1.165) is 11.3 Å². The molecule has 0 spiro atoms. The SMILES string of the molecule is O=C(CNC(=O)c1ccc(F)cc1)Nc1nc(-c2ccccc2)cs1. The number of hydrogen-bond donors (Lipinski definition) is 2. The average Bonchev–Trinajstić information content (AvgIpc) is 3.09. The summed E-state index contributed by atoms with van der Waals surface area (Å²) in [7, 11) is 0. The van der Waals surface area contributed by atoms with Gasteiger partial charge in [0.15, 0.2) is 5.13 Å². The fourth-order valence-electron chi connectivity index (χ4n) is 2.10. The van der Waals surface area contributed by atoms with Gasteiger partial charge in [0.2, 0.25) is 5.91 Å². The maximum absolute atomic E-state index is 12.8. The molecule has 5 nitrogen and oxygen atoms in total. The molecule has 1 aromatic heterocycles. The quantitative estimate of drug-likeness (QED) is 0.738. The molecule has 1 heterocycles. The lowest BCUT2D eigenvalue weighted by atomic mass is 10.2. The van der Waals surface area contributed by atoms with Gasteiger partial charge in [0.25, 0.3) is 5.91 Å². The highest BCUT2D eigenvalue weighted by atomic mass is 32.1. The van der Waals surface area contributed by atoms with Gasteiger partial charge >= 0.3 is 0 Å². The van der Waals surface area contributed by atoms with E-state index in [1.807, 2.05) is 35.7 Å². The van der Waals surface area contributed by atoms with Crippen LogP contribution in [0.4, 0.5) is 9.52 Å². The van der Waals surface area contributed by atoms with Crippen LogP contribution in [0.5, 0.6) is 0 Å². The van der Waals surface area contributed by atoms with E-state index in [4.69, 9.17) is 0 Å². The van der Waals surface area contributed by atoms with E-state index in [0.29, 0.717) is 5.13 Å². The van der Waals surface area contributed by atoms with E-state index >= 15 is 0 Å². The molecule has 0 aliphatic carbocycles. The van der Waals surface area contributed by atoms with Gasteiger partial charge in [-0.3, -0.25) is 9.59 Å². The van der Waals surface area contributed by atoms with E-state index in [2.05, 4.69) is 15.6 Å². The van der Waals surface area contributed by atoms with Crippen molar-refractivity contribution in [3.63, 3.8) is 0 Å². The number of carbonyl (C=O) groups is 2. The van der Waals surface area contributed by atoms with Gasteiger partial charge in [-0.15, -0.1) is 11.3 Å². The maximum atomic E-state index is 12.8. The van der Waals surface area contributed by atoms with Crippen LogP contribution in [0, 0.1) is 5.82 Å². The Morgan fingerprint density at radius 3 is 2.48 bits per heavy atom. The summed E-state index contributed by atoms with van der Waals surface area (Å²) in [5, 5.41) is 7.43. The summed E-state index contributed by atoms with van der Waals surface area (Å²) in [6.07, 6.45) is 0. The number of thiazole rings is 1. The van der Waals surface area contributed by atoms with Crippen LogP contribution in [-0.2, 0) is 4.79 Å². The van der Waals surface area contributed by atoms with Crippen molar-refractivity contribution in [2.45, 2.75) is 0 Å². The fourth-order valence-corrected chi connectivity index (χ4v) is 2.84. The molecule has 0 saturated carbocycles. The number of rotatable bonds is 5. The zero-order valence-electron chi connectivity index (χ0n) is 13.0. The molecule has 7 heteroatoms. The number of carbonyl (C=O) groups excluding carboxylic acids is 2. The van der Waals surface area contributed by atoms with Crippen LogP contribution < -0.4 is 10.6 Å². The number of aromatic nitrogens is 1. The van der Waals surface area contributed by atoms with Crippen molar-refractivity contribution in [2.75, 3.05) is 11.9 Å². The Labute approximate surface area is 147 Å². The van der Waals surface area contributed by atoms with Crippen molar-refractivity contribution in [3.8, 4) is 11.3 Å². The first-order valence-electron chi connectivity index (χ1n) is 7.46. The smallest absolute Gasteiger partial charge is 0.251 e. The minimum atomic E-state index is -0.445. The van der Waals surface area contributed by atoms with Crippen molar-refractivity contribution in [1.29, 1.82) is 0 Å². The number of benzene rings is 2. The molecule has 3 rings (SSSR count). The second kappa shape index (κ2) is 7.67. The molecule has 25 heavy (non-hydrogen) atoms. The lowest BCUT2D eigenvalue weighted by Gasteiger charge is -2.05. The molecule has 126 valence electrons. The fraction of sp³-hybridized carbons (Fsp3) is 0.0556. The van der Waals surface area contributed by atoms with Gasteiger partial charge in [0.1, 0.15) is 5.82 Å². The molecule has 0 radical (unpaired) electrons. The molecule has 0 bridgehead atoms. The summed E-state index contributed by atoms with van der Waals surface area (Å²) < 4.78 is 12.8. The Morgan fingerprint density at radius 1 is 1.04 bits per heavy atom. The molecule has 0 unspecified atom stereocenters. The molecular formula is C18H14FN3O2S. The first-order valence-corrected chi connectivity index (χ1v) is 8.34. The molecule has 0 atom stereocenters. The molecule has 3 aromatic rings. The Morgan fingerprint density at radius 2 is 1.76 bits per heavy atom. The topological polar surface area (TPSA) is 71.1 Å². The van der Waals surface area contributed by atoms with E-state index in [-0.39, 0.29) is 18.0 Å². The monoisotopic (exact) mass is 355 g/mol. The summed E-state index contributed by atoms with van der Waals surface area (Å²) in [4.78, 5) is 28.2. The van der Waals surface area contributed by atoms with Crippen LogP contribution in [0.2, 0.25) is 0 Å². The summed E-state index contributed by atoms with van der Waals surface area (Å²) in [6, 6.07) is 14.7. The van der Waals surface area contributed by atoms with Crippen molar-refractivity contribution < 1.29 is 14.0 Å². The van der Waals surface area contributed by atoms with Crippen LogP contribution in [0.3, 0.4) is 0 Å². The predicted octanol–water partition coefficient (Wildman–Crippen LogP) is 3.32. The van der Waals surface area contributed by atoms with E-state index in [1.165, 1.54) is 35.6 Å². The maximum Gasteiger partial charge on any atom is 0.251 e. The normalized spacial score (nSPS) is 10.3. The van der Waals surface area contributed by atoms with Crippen LogP contribution in [0.1, 0.15) is 10.4 Å². The third-order valence-corrected chi connectivity index (χ3v) is 4.09. The van der Waals surface area contributed by atoms with Crippen molar-refractivity contribution in [3.05, 3.63) is 71.4 Å². The highest BCUT2D eigenvalue weighted by Crippen LogP contribution is 2.24. The summed E-state index contributed by atoms with van der Waals surface area (Å²) in [6.45, 7) is -0.198. The summed E-state index contributed by atoms with van der Waals surface area (Å²) in [5.74, 6) is -1.25. The Hall–Kier alpha value is -3.06. The number of nitrogens with one attached hydrogen (secondary N) is 2. The highest BCUT2D eigenvalue weighted by molar-refractivity contribution is 7.14. The van der Waals surface area contributed by atoms with Crippen LogP contribution in [0.15, 0.2) is 60.0 Å². The van der Waals surface area contributed by atoms with Crippen molar-refractivity contribution in [2.24, 2.45) is 0 Å². The lowest BCUT2D eigenvalue weighted by Crippen LogP contribution is -2.32. The lowest BCUT2D eigenvalue weighted by molar-refractivity contribution is -0.115. The van der Waals surface area contributed by atoms with Gasteiger partial charge in [-0.25, -0.2) is 9.37 Å². The third kappa shape index (κ3) is 4.48. The summed E-state index contributed by atoms with van der Waals surface area (Å²) in [5.41, 5.74) is 2.02. The molecule has 0 fully saturated rings. The van der Waals surface area contributed by atoms with E-state index in [1.54, 1.807) is 0 Å². The molecule has 2 amide bonds. The Balaban J connectivity index is 1.54. The number of amides is 2. The molecule has 0 aliphatic rings. The van der Waals surface area contributed by atoms with Gasteiger partial charge in [-0.05, 0) is 24.3 Å². The molecule has 0 aliphatic heterocycles. The van der Waals surface area contributed by atoms with Crippen molar-refractivity contribution in [1.82, 2.24) is 10.3 Å². The minimum absolute atomic E-state index is 0.198.